The lowest BCUT2D eigenvalue weighted by molar-refractivity contribution is -0.384. The van der Waals surface area contributed by atoms with Gasteiger partial charge in [-0.15, -0.1) is 0 Å². The molecule has 7 heteroatoms. The molecule has 0 aromatic heterocycles. The smallest absolute Gasteiger partial charge is 0.339 e. The molecule has 0 saturated carbocycles. The van der Waals surface area contributed by atoms with Crippen LogP contribution in [0.1, 0.15) is 15.9 Å². The van der Waals surface area contributed by atoms with Gasteiger partial charge in [-0.3, -0.25) is 10.1 Å². The minimum absolute atomic E-state index is 0.0112. The standard InChI is InChI=1S/C14H9ClINO4/c15-12-4-2-1-3-9(12)8-21-14(18)11-7-10(17(19)20)5-6-13(11)16/h1-7H,8H2. The molecule has 0 unspecified atom stereocenters. The van der Waals surface area contributed by atoms with Crippen LogP contribution in [0.4, 0.5) is 5.69 Å². The van der Waals surface area contributed by atoms with Gasteiger partial charge in [0, 0.05) is 26.3 Å². The fourth-order valence-corrected chi connectivity index (χ4v) is 2.37. The van der Waals surface area contributed by atoms with Crippen LogP contribution in [-0.4, -0.2) is 10.9 Å². The Morgan fingerprint density at radius 3 is 2.67 bits per heavy atom. The number of benzene rings is 2. The maximum Gasteiger partial charge on any atom is 0.339 e. The number of hydrogen-bond acceptors (Lipinski definition) is 4. The average molecular weight is 418 g/mol. The second-order valence-corrected chi connectivity index (χ2v) is 5.66. The molecule has 2 aromatic rings. The number of esters is 1. The van der Waals surface area contributed by atoms with Gasteiger partial charge in [-0.05, 0) is 34.7 Å². The lowest BCUT2D eigenvalue weighted by Crippen LogP contribution is -2.08. The summed E-state index contributed by atoms with van der Waals surface area (Å²) in [5, 5.41) is 11.2. The minimum Gasteiger partial charge on any atom is -0.457 e. The topological polar surface area (TPSA) is 69.4 Å². The van der Waals surface area contributed by atoms with Crippen LogP contribution in [0.3, 0.4) is 0 Å². The Kier molecular flexibility index (Phi) is 5.13. The summed E-state index contributed by atoms with van der Waals surface area (Å²) in [6.07, 6.45) is 0. The first-order chi connectivity index (χ1) is 9.99. The van der Waals surface area contributed by atoms with Gasteiger partial charge in [0.25, 0.3) is 5.69 Å². The van der Waals surface area contributed by atoms with Crippen molar-refractivity contribution in [3.05, 3.63) is 72.3 Å². The molecule has 108 valence electrons. The zero-order chi connectivity index (χ0) is 15.4. The number of nitrogens with zero attached hydrogens (tertiary/aromatic N) is 1. The van der Waals surface area contributed by atoms with Gasteiger partial charge in [-0.25, -0.2) is 4.79 Å². The van der Waals surface area contributed by atoms with Crippen LogP contribution in [-0.2, 0) is 11.3 Å². The van der Waals surface area contributed by atoms with E-state index in [-0.39, 0.29) is 17.9 Å². The first-order valence-corrected chi connectivity index (χ1v) is 7.29. The zero-order valence-electron chi connectivity index (χ0n) is 10.6. The number of hydrogen-bond donors (Lipinski definition) is 0. The first-order valence-electron chi connectivity index (χ1n) is 5.83. The lowest BCUT2D eigenvalue weighted by atomic mass is 10.2. The van der Waals surface area contributed by atoms with Crippen molar-refractivity contribution in [3.8, 4) is 0 Å². The molecule has 0 aliphatic rings. The van der Waals surface area contributed by atoms with Gasteiger partial charge in [0.1, 0.15) is 6.61 Å². The maximum atomic E-state index is 12.0. The van der Waals surface area contributed by atoms with Crippen molar-refractivity contribution in [3.63, 3.8) is 0 Å². The highest BCUT2D eigenvalue weighted by Crippen LogP contribution is 2.22. The van der Waals surface area contributed by atoms with Crippen LogP contribution in [0.25, 0.3) is 0 Å². The fourth-order valence-electron chi connectivity index (χ4n) is 1.62. The predicted molar refractivity (Wildman–Crippen MR) is 86.4 cm³/mol. The van der Waals surface area contributed by atoms with Crippen molar-refractivity contribution in [2.75, 3.05) is 0 Å². The molecule has 0 saturated heterocycles. The van der Waals surface area contributed by atoms with Gasteiger partial charge in [0.05, 0.1) is 10.5 Å². The van der Waals surface area contributed by atoms with Crippen LogP contribution in [0.2, 0.25) is 5.02 Å². The summed E-state index contributed by atoms with van der Waals surface area (Å²) in [4.78, 5) is 22.2. The number of carbonyl (C=O) groups excluding carboxylic acids is 1. The van der Waals surface area contributed by atoms with E-state index >= 15 is 0 Å². The van der Waals surface area contributed by atoms with E-state index in [4.69, 9.17) is 16.3 Å². The summed E-state index contributed by atoms with van der Waals surface area (Å²) in [6.45, 7) is 0.0112. The summed E-state index contributed by atoms with van der Waals surface area (Å²) in [7, 11) is 0. The average Bonchev–Trinajstić information content (AvgIpc) is 2.46. The van der Waals surface area contributed by atoms with Crippen LogP contribution < -0.4 is 0 Å². The number of halogens is 2. The van der Waals surface area contributed by atoms with E-state index in [0.29, 0.717) is 14.2 Å². The fraction of sp³-hybridized carbons (Fsp3) is 0.0714. The largest absolute Gasteiger partial charge is 0.457 e. The van der Waals surface area contributed by atoms with Gasteiger partial charge in [0.2, 0.25) is 0 Å². The van der Waals surface area contributed by atoms with Crippen molar-refractivity contribution >= 4 is 45.8 Å². The van der Waals surface area contributed by atoms with Crippen molar-refractivity contribution in [2.45, 2.75) is 6.61 Å². The highest BCUT2D eigenvalue weighted by atomic mass is 127. The second kappa shape index (κ2) is 6.86. The van der Waals surface area contributed by atoms with E-state index in [1.165, 1.54) is 18.2 Å². The number of carbonyl (C=O) groups is 1. The van der Waals surface area contributed by atoms with E-state index < -0.39 is 10.9 Å². The monoisotopic (exact) mass is 417 g/mol. The van der Waals surface area contributed by atoms with Crippen molar-refractivity contribution in [1.82, 2.24) is 0 Å². The van der Waals surface area contributed by atoms with Crippen molar-refractivity contribution in [2.24, 2.45) is 0 Å². The molecule has 0 bridgehead atoms. The molecular weight excluding hydrogens is 409 g/mol. The number of rotatable bonds is 4. The third-order valence-electron chi connectivity index (χ3n) is 2.70. The molecule has 0 aliphatic carbocycles. The zero-order valence-corrected chi connectivity index (χ0v) is 13.5. The third kappa shape index (κ3) is 3.92. The molecular formula is C14H9ClINO4. The number of nitro benzene ring substituents is 1. The summed E-state index contributed by atoms with van der Waals surface area (Å²) in [6, 6.07) is 11.0. The van der Waals surface area contributed by atoms with Gasteiger partial charge in [-0.2, -0.15) is 0 Å². The summed E-state index contributed by atoms with van der Waals surface area (Å²) in [5.74, 6) is -0.622. The molecule has 0 aliphatic heterocycles. The van der Waals surface area contributed by atoms with Crippen LogP contribution in [0, 0.1) is 13.7 Å². The highest BCUT2D eigenvalue weighted by molar-refractivity contribution is 14.1. The second-order valence-electron chi connectivity index (χ2n) is 4.09. The van der Waals surface area contributed by atoms with Gasteiger partial charge >= 0.3 is 5.97 Å². The Labute approximate surface area is 139 Å². The molecule has 0 spiro atoms. The third-order valence-corrected chi connectivity index (χ3v) is 4.01. The quantitative estimate of drug-likeness (QED) is 0.323. The normalized spacial score (nSPS) is 10.2. The maximum absolute atomic E-state index is 12.0. The molecule has 0 atom stereocenters. The summed E-state index contributed by atoms with van der Waals surface area (Å²) in [5.41, 5.74) is 0.685. The number of non-ortho nitro benzene ring substituents is 1. The van der Waals surface area contributed by atoms with Crippen LogP contribution >= 0.6 is 34.2 Å². The van der Waals surface area contributed by atoms with Gasteiger partial charge in [0.15, 0.2) is 0 Å². The molecule has 0 amide bonds. The van der Waals surface area contributed by atoms with E-state index in [9.17, 15) is 14.9 Å². The Bertz CT molecular complexity index is 705. The summed E-state index contributed by atoms with van der Waals surface area (Å²) >= 11 is 7.90. The number of nitro groups is 1. The van der Waals surface area contributed by atoms with E-state index in [2.05, 4.69) is 0 Å². The van der Waals surface area contributed by atoms with E-state index in [1.807, 2.05) is 22.6 Å². The summed E-state index contributed by atoms with van der Waals surface area (Å²) < 4.78 is 5.75. The van der Waals surface area contributed by atoms with Crippen molar-refractivity contribution in [1.29, 1.82) is 0 Å². The van der Waals surface area contributed by atoms with Crippen molar-refractivity contribution < 1.29 is 14.5 Å². The lowest BCUT2D eigenvalue weighted by Gasteiger charge is -2.07. The predicted octanol–water partition coefficient (Wildman–Crippen LogP) is 4.21. The Hall–Kier alpha value is -1.67. The van der Waals surface area contributed by atoms with Gasteiger partial charge in [-0.1, -0.05) is 29.8 Å². The van der Waals surface area contributed by atoms with E-state index in [0.717, 1.165) is 0 Å². The Morgan fingerprint density at radius 1 is 1.29 bits per heavy atom. The SMILES string of the molecule is O=C(OCc1ccccc1Cl)c1cc([N+](=O)[O-])ccc1I. The first kappa shape index (κ1) is 15.7. The molecule has 5 nitrogen and oxygen atoms in total. The molecule has 2 rings (SSSR count). The van der Waals surface area contributed by atoms with Crippen LogP contribution in [0.15, 0.2) is 42.5 Å². The van der Waals surface area contributed by atoms with Crippen LogP contribution in [0.5, 0.6) is 0 Å². The minimum atomic E-state index is -0.622. The molecule has 0 N–H and O–H groups in total. The molecule has 0 radical (unpaired) electrons. The Balaban J connectivity index is 2.15. The molecule has 0 heterocycles. The highest BCUT2D eigenvalue weighted by Gasteiger charge is 2.17. The number of ether oxygens (including phenoxy) is 1. The Morgan fingerprint density at radius 2 is 2.00 bits per heavy atom. The molecule has 0 fully saturated rings. The molecule has 21 heavy (non-hydrogen) atoms. The van der Waals surface area contributed by atoms with Gasteiger partial charge < -0.3 is 4.74 Å². The van der Waals surface area contributed by atoms with E-state index in [1.54, 1.807) is 24.3 Å². The molecule has 2 aromatic carbocycles.